The summed E-state index contributed by atoms with van der Waals surface area (Å²) in [6.45, 7) is 12.2. The Bertz CT molecular complexity index is 912. The topological polar surface area (TPSA) is 81.2 Å². The fourth-order valence-electron chi connectivity index (χ4n) is 4.30. The number of aromatic nitrogens is 1. The Balaban J connectivity index is 1.41. The van der Waals surface area contributed by atoms with E-state index in [0.29, 0.717) is 19.0 Å². The van der Waals surface area contributed by atoms with E-state index in [2.05, 4.69) is 6.07 Å². The highest BCUT2D eigenvalue weighted by Gasteiger charge is 2.38. The molecule has 3 heterocycles. The molecular weight excluding hydrogens is 465 g/mol. The van der Waals surface area contributed by atoms with E-state index in [0.717, 1.165) is 49.8 Å². The monoisotopic (exact) mass is 507 g/mol. The number of ether oxygens (including phenoxy) is 3. The number of halogens is 1. The maximum absolute atomic E-state index is 14.3. The predicted octanol–water partition coefficient (Wildman–Crippen LogP) is 5.46. The molecule has 3 rings (SSSR count). The standard InChI is InChI=1S/C27H42FN3O5/c1-26(2,3)35-24(32)30-17-21(28)22(18-30)34-16-9-7-8-12-20-14-13-19-11-10-15-31(23(19)29-20)25(33)36-27(4,5)6/h13-14,21-22H,7-12,15-18H2,1-6H3/t21-,22-/m1/s1. The summed E-state index contributed by atoms with van der Waals surface area (Å²) in [5, 5.41) is 0. The minimum Gasteiger partial charge on any atom is -0.444 e. The van der Waals surface area contributed by atoms with Crippen molar-refractivity contribution < 1.29 is 28.2 Å². The SMILES string of the molecule is CC(C)(C)OC(=O)N1C[C@@H](F)[C@H](OCCCCCc2ccc3c(n2)N(C(=O)OC(C)(C)C)CCC3)C1. The van der Waals surface area contributed by atoms with Crippen molar-refractivity contribution in [3.05, 3.63) is 23.4 Å². The molecule has 2 atom stereocenters. The molecule has 0 bridgehead atoms. The van der Waals surface area contributed by atoms with Crippen molar-refractivity contribution in [3.8, 4) is 0 Å². The van der Waals surface area contributed by atoms with Crippen LogP contribution >= 0.6 is 0 Å². The number of pyridine rings is 1. The van der Waals surface area contributed by atoms with Gasteiger partial charge in [-0.3, -0.25) is 4.90 Å². The van der Waals surface area contributed by atoms with Crippen molar-refractivity contribution in [1.82, 2.24) is 9.88 Å². The lowest BCUT2D eigenvalue weighted by molar-refractivity contribution is 0.0133. The number of aryl methyl sites for hydroxylation is 2. The Morgan fingerprint density at radius 3 is 2.39 bits per heavy atom. The summed E-state index contributed by atoms with van der Waals surface area (Å²) in [4.78, 5) is 32.6. The number of alkyl halides is 1. The number of fused-ring (bicyclic) bond motifs is 1. The Hall–Kier alpha value is -2.42. The number of likely N-dealkylation sites (tertiary alicyclic amines) is 1. The number of hydrogen-bond acceptors (Lipinski definition) is 6. The zero-order chi connectivity index (χ0) is 26.5. The van der Waals surface area contributed by atoms with Crippen LogP contribution in [0.15, 0.2) is 12.1 Å². The molecule has 1 aromatic heterocycles. The first-order chi connectivity index (χ1) is 16.8. The first kappa shape index (κ1) is 28.2. The zero-order valence-corrected chi connectivity index (χ0v) is 22.6. The highest BCUT2D eigenvalue weighted by atomic mass is 19.1. The van der Waals surface area contributed by atoms with Gasteiger partial charge in [0.05, 0.1) is 13.1 Å². The lowest BCUT2D eigenvalue weighted by Crippen LogP contribution is -2.40. The summed E-state index contributed by atoms with van der Waals surface area (Å²) in [5.41, 5.74) is 0.853. The Morgan fingerprint density at radius 2 is 1.69 bits per heavy atom. The predicted molar refractivity (Wildman–Crippen MR) is 136 cm³/mol. The zero-order valence-electron chi connectivity index (χ0n) is 22.6. The van der Waals surface area contributed by atoms with Gasteiger partial charge in [0.15, 0.2) is 0 Å². The molecule has 0 N–H and O–H groups in total. The van der Waals surface area contributed by atoms with Crippen LogP contribution in [-0.4, -0.2) is 71.8 Å². The largest absolute Gasteiger partial charge is 0.444 e. The Morgan fingerprint density at radius 1 is 1.00 bits per heavy atom. The van der Waals surface area contributed by atoms with Crippen LogP contribution in [0.3, 0.4) is 0 Å². The normalized spacial score (nSPS) is 20.3. The van der Waals surface area contributed by atoms with E-state index in [1.165, 1.54) is 4.90 Å². The quantitative estimate of drug-likeness (QED) is 0.456. The fourth-order valence-corrected chi connectivity index (χ4v) is 4.30. The smallest absolute Gasteiger partial charge is 0.416 e. The number of unbranched alkanes of at least 4 members (excludes halogenated alkanes) is 2. The van der Waals surface area contributed by atoms with Gasteiger partial charge in [0, 0.05) is 18.8 Å². The molecule has 2 aliphatic heterocycles. The van der Waals surface area contributed by atoms with Crippen molar-refractivity contribution in [1.29, 1.82) is 0 Å². The van der Waals surface area contributed by atoms with E-state index in [4.69, 9.17) is 19.2 Å². The third kappa shape index (κ3) is 8.32. The van der Waals surface area contributed by atoms with Crippen LogP contribution < -0.4 is 4.90 Å². The van der Waals surface area contributed by atoms with Gasteiger partial charge in [-0.25, -0.2) is 19.0 Å². The molecule has 9 heteroatoms. The molecule has 0 unspecified atom stereocenters. The molecular formula is C27H42FN3O5. The molecule has 2 aliphatic rings. The van der Waals surface area contributed by atoms with Crippen molar-refractivity contribution in [2.75, 3.05) is 31.1 Å². The summed E-state index contributed by atoms with van der Waals surface area (Å²) in [5.74, 6) is 0.709. The number of carbonyl (C=O) groups excluding carboxylic acids is 2. The van der Waals surface area contributed by atoms with Gasteiger partial charge in [0.1, 0.15) is 29.3 Å². The van der Waals surface area contributed by atoms with Crippen molar-refractivity contribution in [3.63, 3.8) is 0 Å². The molecule has 0 aromatic carbocycles. The highest BCUT2D eigenvalue weighted by molar-refractivity contribution is 5.88. The van der Waals surface area contributed by atoms with Gasteiger partial charge < -0.3 is 19.1 Å². The highest BCUT2D eigenvalue weighted by Crippen LogP contribution is 2.27. The minimum absolute atomic E-state index is 0.00386. The molecule has 0 spiro atoms. The third-order valence-electron chi connectivity index (χ3n) is 5.97. The van der Waals surface area contributed by atoms with Gasteiger partial charge in [0.2, 0.25) is 0 Å². The van der Waals surface area contributed by atoms with Crippen LogP contribution in [0.4, 0.5) is 19.8 Å². The third-order valence-corrected chi connectivity index (χ3v) is 5.97. The second kappa shape index (κ2) is 11.8. The van der Waals surface area contributed by atoms with E-state index in [-0.39, 0.29) is 19.2 Å². The molecule has 8 nitrogen and oxygen atoms in total. The minimum atomic E-state index is -1.20. The average molecular weight is 508 g/mol. The van der Waals surface area contributed by atoms with Crippen LogP contribution in [0.2, 0.25) is 0 Å². The van der Waals surface area contributed by atoms with E-state index in [1.807, 2.05) is 26.8 Å². The second-order valence-corrected chi connectivity index (χ2v) is 11.6. The van der Waals surface area contributed by atoms with E-state index < -0.39 is 29.6 Å². The lowest BCUT2D eigenvalue weighted by atomic mass is 10.0. The Kier molecular flexibility index (Phi) is 9.19. The van der Waals surface area contributed by atoms with Gasteiger partial charge in [-0.1, -0.05) is 12.5 Å². The summed E-state index contributed by atoms with van der Waals surface area (Å²) < 4.78 is 31.0. The molecule has 202 valence electrons. The first-order valence-electron chi connectivity index (χ1n) is 13.1. The number of rotatable bonds is 7. The molecule has 1 fully saturated rings. The van der Waals surface area contributed by atoms with Gasteiger partial charge in [-0.05, 0) is 85.3 Å². The van der Waals surface area contributed by atoms with Gasteiger partial charge >= 0.3 is 12.2 Å². The maximum atomic E-state index is 14.3. The molecule has 36 heavy (non-hydrogen) atoms. The summed E-state index contributed by atoms with van der Waals surface area (Å²) >= 11 is 0. The molecule has 2 amide bonds. The number of anilines is 1. The summed E-state index contributed by atoms with van der Waals surface area (Å²) in [7, 11) is 0. The van der Waals surface area contributed by atoms with Gasteiger partial charge in [0.25, 0.3) is 0 Å². The van der Waals surface area contributed by atoms with Crippen LogP contribution in [-0.2, 0) is 27.1 Å². The van der Waals surface area contributed by atoms with Crippen LogP contribution in [0.5, 0.6) is 0 Å². The molecule has 1 aromatic rings. The fraction of sp³-hybridized carbons (Fsp3) is 0.741. The van der Waals surface area contributed by atoms with Crippen molar-refractivity contribution in [2.45, 2.75) is 104 Å². The van der Waals surface area contributed by atoms with Gasteiger partial charge in [-0.15, -0.1) is 0 Å². The van der Waals surface area contributed by atoms with Gasteiger partial charge in [-0.2, -0.15) is 0 Å². The lowest BCUT2D eigenvalue weighted by Gasteiger charge is -2.31. The number of nitrogens with zero attached hydrogens (tertiary/aromatic N) is 3. The van der Waals surface area contributed by atoms with Crippen molar-refractivity contribution in [2.24, 2.45) is 0 Å². The molecule has 0 radical (unpaired) electrons. The average Bonchev–Trinajstić information content (AvgIpc) is 3.14. The van der Waals surface area contributed by atoms with E-state index in [1.54, 1.807) is 25.7 Å². The second-order valence-electron chi connectivity index (χ2n) is 11.6. The maximum Gasteiger partial charge on any atom is 0.416 e. The van der Waals surface area contributed by atoms with E-state index >= 15 is 0 Å². The number of hydrogen-bond donors (Lipinski definition) is 0. The number of carbonyl (C=O) groups is 2. The molecule has 1 saturated heterocycles. The van der Waals surface area contributed by atoms with Crippen LogP contribution in [0.25, 0.3) is 0 Å². The molecule has 0 aliphatic carbocycles. The summed E-state index contributed by atoms with van der Waals surface area (Å²) in [6.07, 6.45) is 2.53. The van der Waals surface area contributed by atoms with E-state index in [9.17, 15) is 14.0 Å². The first-order valence-corrected chi connectivity index (χ1v) is 13.1. The number of amides is 2. The van der Waals surface area contributed by atoms with Crippen LogP contribution in [0.1, 0.15) is 78.5 Å². The Labute approximate surface area is 214 Å². The molecule has 0 saturated carbocycles. The summed E-state index contributed by atoms with van der Waals surface area (Å²) in [6, 6.07) is 4.10. The van der Waals surface area contributed by atoms with Crippen LogP contribution in [0, 0.1) is 0 Å². The van der Waals surface area contributed by atoms with Crippen molar-refractivity contribution >= 4 is 18.0 Å².